The van der Waals surface area contributed by atoms with Crippen LogP contribution in [-0.4, -0.2) is 179 Å². The standard InChI is InChI=1S/C57H97N9O11/c1-21-24-25-27-40-37(14)57(76)77-47(34(10)11)56(75)62(17)39(16)48(67)60-43(35(12)22-2)54(73)65(20)46(33(8)9)51(70)61-44(36(13)23-3)55(74)66-29-26-28-41(66)53(72)63(18)42(30-31(4)5)49(68)58-38(15)52(71)64(19)45(32(6)7)50(69)59-40/h1,31-47H,22-30H2,2-20H3,(H,58,68)(H,59,69)(H,60,67)(H,61,70). The fourth-order valence-electron chi connectivity index (χ4n) is 10.2. The van der Waals surface area contributed by atoms with Crippen molar-refractivity contribution in [2.24, 2.45) is 41.4 Å². The molecule has 436 valence electrons. The second-order valence-electron chi connectivity index (χ2n) is 23.3. The molecule has 4 N–H and O–H groups in total. The van der Waals surface area contributed by atoms with E-state index in [1.54, 1.807) is 55.4 Å². The summed E-state index contributed by atoms with van der Waals surface area (Å²) in [7, 11) is 5.81. The van der Waals surface area contributed by atoms with Gasteiger partial charge in [0, 0.05) is 47.2 Å². The molecule has 9 amide bonds. The molecule has 20 nitrogen and oxygen atoms in total. The minimum atomic E-state index is -1.37. The van der Waals surface area contributed by atoms with Crippen molar-refractivity contribution in [3.63, 3.8) is 0 Å². The molecule has 77 heavy (non-hydrogen) atoms. The predicted octanol–water partition coefficient (Wildman–Crippen LogP) is 3.74. The van der Waals surface area contributed by atoms with Crippen molar-refractivity contribution < 1.29 is 52.7 Å². The fraction of sp³-hybridized carbons (Fsp3) is 0.789. The summed E-state index contributed by atoms with van der Waals surface area (Å²) in [5.41, 5.74) is 0. The topological polar surface area (TPSA) is 244 Å². The number of nitrogens with zero attached hydrogens (tertiary/aromatic N) is 5. The average Bonchev–Trinajstić information content (AvgIpc) is 3.87. The summed E-state index contributed by atoms with van der Waals surface area (Å²) in [6.45, 7) is 26.3. The van der Waals surface area contributed by atoms with Crippen molar-refractivity contribution in [1.82, 2.24) is 45.8 Å². The normalized spacial score (nSPS) is 29.2. The molecule has 0 spiro atoms. The van der Waals surface area contributed by atoms with E-state index in [1.807, 2.05) is 34.6 Å². The van der Waals surface area contributed by atoms with Crippen LogP contribution in [0.2, 0.25) is 0 Å². The lowest BCUT2D eigenvalue weighted by molar-refractivity contribution is -0.168. The Morgan fingerprint density at radius 1 is 0.597 bits per heavy atom. The third-order valence-electron chi connectivity index (χ3n) is 15.8. The van der Waals surface area contributed by atoms with Gasteiger partial charge in [-0.3, -0.25) is 47.9 Å². The summed E-state index contributed by atoms with van der Waals surface area (Å²) in [6, 6.07) is -9.72. The molecule has 0 aromatic heterocycles. The number of esters is 1. The number of terminal acetylenes is 1. The predicted molar refractivity (Wildman–Crippen MR) is 295 cm³/mol. The molecule has 0 bridgehead atoms. The highest BCUT2D eigenvalue weighted by Crippen LogP contribution is 2.27. The van der Waals surface area contributed by atoms with Gasteiger partial charge in [-0.1, -0.05) is 95.9 Å². The first kappa shape index (κ1) is 67.4. The van der Waals surface area contributed by atoms with Gasteiger partial charge in [-0.15, -0.1) is 12.3 Å². The number of ether oxygens (including phenoxy) is 1. The molecule has 0 aromatic rings. The second-order valence-corrected chi connectivity index (χ2v) is 23.3. The van der Waals surface area contributed by atoms with E-state index in [1.165, 1.54) is 61.6 Å². The Morgan fingerprint density at radius 3 is 1.60 bits per heavy atom. The van der Waals surface area contributed by atoms with Gasteiger partial charge >= 0.3 is 5.97 Å². The van der Waals surface area contributed by atoms with Crippen LogP contribution in [0.1, 0.15) is 155 Å². The highest BCUT2D eigenvalue weighted by Gasteiger charge is 2.45. The van der Waals surface area contributed by atoms with E-state index in [2.05, 4.69) is 27.2 Å². The number of cyclic esters (lactones) is 1. The van der Waals surface area contributed by atoms with Crippen LogP contribution in [0.5, 0.6) is 0 Å². The molecule has 0 radical (unpaired) electrons. The van der Waals surface area contributed by atoms with Crippen LogP contribution in [0.25, 0.3) is 0 Å². The first-order valence-corrected chi connectivity index (χ1v) is 28.0. The maximum absolute atomic E-state index is 14.8. The zero-order valence-corrected chi connectivity index (χ0v) is 50.0. The van der Waals surface area contributed by atoms with Crippen LogP contribution in [0.15, 0.2) is 0 Å². The Morgan fingerprint density at radius 2 is 1.10 bits per heavy atom. The number of unbranched alkanes of at least 4 members (excludes halogenated alkanes) is 1. The smallest absolute Gasteiger partial charge is 0.311 e. The Hall–Kier alpha value is -5.74. The van der Waals surface area contributed by atoms with Crippen LogP contribution in [0.3, 0.4) is 0 Å². The lowest BCUT2D eigenvalue weighted by Crippen LogP contribution is -2.62. The van der Waals surface area contributed by atoms with E-state index in [9.17, 15) is 47.9 Å². The highest BCUT2D eigenvalue weighted by atomic mass is 16.5. The Labute approximate surface area is 460 Å². The van der Waals surface area contributed by atoms with Gasteiger partial charge in [0.1, 0.15) is 48.3 Å². The van der Waals surface area contributed by atoms with E-state index in [-0.39, 0.29) is 25.3 Å². The SMILES string of the molecule is C#CCCCC1NC(=O)C(C(C)C)N(C)C(=O)C(C)NC(=O)C(CC(C)C)N(C)C(=O)C2CCCN2C(=O)C(C(C)CC)NC(=O)C(C(C)C)N(C)C(=O)C(C(C)CC)NC(=O)C(C)N(C)C(=O)C(C(C)C)OC(=O)C1C. The molecule has 13 atom stereocenters. The van der Waals surface area contributed by atoms with Crippen LogP contribution in [-0.2, 0) is 52.7 Å². The number of fused-ring (bicyclic) bond motifs is 1. The van der Waals surface area contributed by atoms with Crippen molar-refractivity contribution in [1.29, 1.82) is 0 Å². The molecule has 2 saturated heterocycles. The first-order chi connectivity index (χ1) is 35.8. The van der Waals surface area contributed by atoms with Crippen LogP contribution >= 0.6 is 0 Å². The van der Waals surface area contributed by atoms with Gasteiger partial charge in [0.05, 0.1) is 5.92 Å². The zero-order valence-electron chi connectivity index (χ0n) is 50.0. The third kappa shape index (κ3) is 17.4. The Kier molecular flexibility index (Phi) is 26.6. The van der Waals surface area contributed by atoms with Crippen molar-refractivity contribution in [3.8, 4) is 12.3 Å². The monoisotopic (exact) mass is 1080 g/mol. The minimum absolute atomic E-state index is 0.0900. The van der Waals surface area contributed by atoms with Gasteiger partial charge < -0.3 is 50.5 Å². The van der Waals surface area contributed by atoms with E-state index >= 15 is 0 Å². The molecule has 2 rings (SSSR count). The zero-order chi connectivity index (χ0) is 59.1. The summed E-state index contributed by atoms with van der Waals surface area (Å²) < 4.78 is 5.95. The number of hydrogen-bond acceptors (Lipinski definition) is 11. The fourth-order valence-corrected chi connectivity index (χ4v) is 10.2. The van der Waals surface area contributed by atoms with Crippen LogP contribution in [0.4, 0.5) is 0 Å². The van der Waals surface area contributed by atoms with E-state index in [0.29, 0.717) is 38.5 Å². The van der Waals surface area contributed by atoms with Gasteiger partial charge in [-0.2, -0.15) is 0 Å². The Bertz CT molecular complexity index is 2130. The van der Waals surface area contributed by atoms with Crippen molar-refractivity contribution in [3.05, 3.63) is 0 Å². The van der Waals surface area contributed by atoms with Gasteiger partial charge in [-0.05, 0) is 88.4 Å². The summed E-state index contributed by atoms with van der Waals surface area (Å²) >= 11 is 0. The molecular weight excluding hydrogens is 987 g/mol. The average molecular weight is 1080 g/mol. The van der Waals surface area contributed by atoms with Crippen molar-refractivity contribution in [2.75, 3.05) is 34.7 Å². The molecule has 2 aliphatic rings. The number of carbonyl (C=O) groups is 10. The van der Waals surface area contributed by atoms with Crippen molar-refractivity contribution >= 4 is 59.1 Å². The minimum Gasteiger partial charge on any atom is -0.452 e. The summed E-state index contributed by atoms with van der Waals surface area (Å²) in [5, 5.41) is 11.6. The van der Waals surface area contributed by atoms with E-state index in [0.717, 1.165) is 4.90 Å². The third-order valence-corrected chi connectivity index (χ3v) is 15.8. The maximum Gasteiger partial charge on any atom is 0.311 e. The van der Waals surface area contributed by atoms with Crippen molar-refractivity contribution in [2.45, 2.75) is 216 Å². The number of amides is 9. The van der Waals surface area contributed by atoms with Crippen LogP contribution < -0.4 is 21.3 Å². The van der Waals surface area contributed by atoms with Gasteiger partial charge in [0.15, 0.2) is 6.10 Å². The molecule has 0 saturated carbocycles. The maximum atomic E-state index is 14.8. The van der Waals surface area contributed by atoms with Gasteiger partial charge in [0.2, 0.25) is 47.3 Å². The number of hydrogen-bond donors (Lipinski definition) is 4. The lowest BCUT2D eigenvalue weighted by atomic mass is 9.93. The number of carbonyl (C=O) groups excluding carboxylic acids is 10. The molecular formula is C57H97N9O11. The van der Waals surface area contributed by atoms with E-state index < -0.39 is 155 Å². The van der Waals surface area contributed by atoms with Crippen LogP contribution in [0, 0.1) is 53.8 Å². The second kappa shape index (κ2) is 30.4. The summed E-state index contributed by atoms with van der Waals surface area (Å²) in [5.74, 6) is -7.05. The summed E-state index contributed by atoms with van der Waals surface area (Å²) in [4.78, 5) is 151. The Balaban J connectivity index is 2.87. The number of nitrogens with one attached hydrogen (secondary N) is 4. The molecule has 0 aromatic carbocycles. The summed E-state index contributed by atoms with van der Waals surface area (Å²) in [6.07, 6.45) is 7.10. The lowest BCUT2D eigenvalue weighted by Gasteiger charge is -2.38. The van der Waals surface area contributed by atoms with Gasteiger partial charge in [0.25, 0.3) is 5.91 Å². The quantitative estimate of drug-likeness (QED) is 0.125. The molecule has 2 heterocycles. The first-order valence-electron chi connectivity index (χ1n) is 28.0. The van der Waals surface area contributed by atoms with E-state index in [4.69, 9.17) is 11.2 Å². The molecule has 2 aliphatic heterocycles. The van der Waals surface area contributed by atoms with Gasteiger partial charge in [-0.25, -0.2) is 0 Å². The molecule has 2 fully saturated rings. The molecule has 13 unspecified atom stereocenters. The number of rotatable bonds is 12. The highest BCUT2D eigenvalue weighted by molar-refractivity contribution is 5.99. The number of likely N-dealkylation sites (N-methyl/N-ethyl adjacent to an activating group) is 4. The molecule has 20 heteroatoms. The largest absolute Gasteiger partial charge is 0.452 e. The molecule has 0 aliphatic carbocycles.